The highest BCUT2D eigenvalue weighted by molar-refractivity contribution is 7.86. The van der Waals surface area contributed by atoms with Crippen molar-refractivity contribution in [3.63, 3.8) is 0 Å². The summed E-state index contributed by atoms with van der Waals surface area (Å²) < 4.78 is 26.9. The van der Waals surface area contributed by atoms with Gasteiger partial charge < -0.3 is 5.32 Å². The van der Waals surface area contributed by atoms with Gasteiger partial charge in [0.2, 0.25) is 5.91 Å². The first-order valence-electron chi connectivity index (χ1n) is 7.39. The van der Waals surface area contributed by atoms with E-state index >= 15 is 0 Å². The zero-order valence-electron chi connectivity index (χ0n) is 12.3. The molecule has 0 aromatic heterocycles. The minimum atomic E-state index is -3.41. The van der Waals surface area contributed by atoms with Crippen LogP contribution in [0.25, 0.3) is 0 Å². The van der Waals surface area contributed by atoms with Crippen LogP contribution >= 0.6 is 0 Å². The molecule has 1 heterocycles. The van der Waals surface area contributed by atoms with Crippen LogP contribution in [0, 0.1) is 5.92 Å². The average Bonchev–Trinajstić information content (AvgIpc) is 2.91. The Morgan fingerprint density at radius 3 is 2.40 bits per heavy atom. The molecule has 0 aromatic rings. The molecule has 1 aliphatic heterocycles. The fourth-order valence-electron chi connectivity index (χ4n) is 2.99. The predicted octanol–water partition coefficient (Wildman–Crippen LogP) is 0.564. The molecule has 1 amide bonds. The number of rotatable bonds is 4. The minimum Gasteiger partial charge on any atom is -0.353 e. The Hall–Kier alpha value is -0.660. The second-order valence-electron chi connectivity index (χ2n) is 5.98. The van der Waals surface area contributed by atoms with Gasteiger partial charge >= 0.3 is 0 Å². The number of nitrogens with zero attached hydrogens (tertiary/aromatic N) is 2. The molecule has 0 bridgehead atoms. The van der Waals surface area contributed by atoms with Crippen LogP contribution in [0.4, 0.5) is 0 Å². The van der Waals surface area contributed by atoms with E-state index in [4.69, 9.17) is 0 Å². The molecular formula is C13H25N3O3S. The van der Waals surface area contributed by atoms with E-state index in [0.29, 0.717) is 19.1 Å². The quantitative estimate of drug-likeness (QED) is 0.825. The third-order valence-electron chi connectivity index (χ3n) is 4.24. The second-order valence-corrected chi connectivity index (χ2v) is 8.12. The first kappa shape index (κ1) is 15.7. The van der Waals surface area contributed by atoms with Crippen molar-refractivity contribution in [2.24, 2.45) is 5.92 Å². The van der Waals surface area contributed by atoms with E-state index < -0.39 is 10.2 Å². The number of hydrogen-bond acceptors (Lipinski definition) is 3. The Balaban J connectivity index is 1.94. The van der Waals surface area contributed by atoms with Gasteiger partial charge in [0, 0.05) is 33.2 Å². The molecule has 1 N–H and O–H groups in total. The van der Waals surface area contributed by atoms with E-state index in [0.717, 1.165) is 25.7 Å². The van der Waals surface area contributed by atoms with Gasteiger partial charge in [0.05, 0.1) is 5.92 Å². The van der Waals surface area contributed by atoms with Gasteiger partial charge in [0.15, 0.2) is 0 Å². The molecule has 20 heavy (non-hydrogen) atoms. The van der Waals surface area contributed by atoms with Gasteiger partial charge in [0.25, 0.3) is 10.2 Å². The molecule has 1 atom stereocenters. The van der Waals surface area contributed by atoms with Crippen molar-refractivity contribution in [1.29, 1.82) is 0 Å². The smallest absolute Gasteiger partial charge is 0.281 e. The monoisotopic (exact) mass is 303 g/mol. The maximum absolute atomic E-state index is 12.3. The van der Waals surface area contributed by atoms with Gasteiger partial charge in [-0.25, -0.2) is 0 Å². The predicted molar refractivity (Wildman–Crippen MR) is 77.3 cm³/mol. The average molecular weight is 303 g/mol. The maximum atomic E-state index is 12.3. The number of carbonyl (C=O) groups is 1. The Kier molecular flexibility index (Phi) is 5.04. The van der Waals surface area contributed by atoms with E-state index in [1.54, 1.807) is 0 Å². The standard InChI is InChI=1S/C13H25N3O3S/c1-15(2)20(18,19)16-9-5-6-11(10-16)13(17)14-12-7-3-4-8-12/h11-12H,3-10H2,1-2H3,(H,14,17)/t11-/m1/s1. The molecule has 116 valence electrons. The summed E-state index contributed by atoms with van der Waals surface area (Å²) in [5.41, 5.74) is 0. The summed E-state index contributed by atoms with van der Waals surface area (Å²) in [5, 5.41) is 3.08. The van der Waals surface area contributed by atoms with Crippen molar-refractivity contribution in [1.82, 2.24) is 13.9 Å². The van der Waals surface area contributed by atoms with E-state index in [1.807, 2.05) is 0 Å². The Bertz CT molecular complexity index is 444. The van der Waals surface area contributed by atoms with Crippen molar-refractivity contribution in [3.05, 3.63) is 0 Å². The maximum Gasteiger partial charge on any atom is 0.281 e. The summed E-state index contributed by atoms with van der Waals surface area (Å²) in [6, 6.07) is 0.295. The lowest BCUT2D eigenvalue weighted by atomic mass is 9.98. The van der Waals surface area contributed by atoms with Crippen molar-refractivity contribution < 1.29 is 13.2 Å². The molecule has 0 aromatic carbocycles. The summed E-state index contributed by atoms with van der Waals surface area (Å²) in [5.74, 6) is -0.186. The zero-order chi connectivity index (χ0) is 14.8. The SMILES string of the molecule is CN(C)S(=O)(=O)N1CCC[C@@H](C(=O)NC2CCCC2)C1. The van der Waals surface area contributed by atoms with Crippen LogP contribution in [0.3, 0.4) is 0 Å². The lowest BCUT2D eigenvalue weighted by Gasteiger charge is -2.33. The van der Waals surface area contributed by atoms with Crippen molar-refractivity contribution in [2.45, 2.75) is 44.6 Å². The number of amides is 1. The first-order valence-corrected chi connectivity index (χ1v) is 8.79. The van der Waals surface area contributed by atoms with Crippen LogP contribution in [0.2, 0.25) is 0 Å². The highest BCUT2D eigenvalue weighted by Crippen LogP contribution is 2.22. The third-order valence-corrected chi connectivity index (χ3v) is 6.15. The Labute approximate surface area is 121 Å². The molecule has 1 saturated carbocycles. The Morgan fingerprint density at radius 2 is 1.80 bits per heavy atom. The minimum absolute atomic E-state index is 0.0237. The van der Waals surface area contributed by atoms with Gasteiger partial charge in [-0.05, 0) is 25.7 Å². The molecule has 2 aliphatic rings. The van der Waals surface area contributed by atoms with E-state index in [-0.39, 0.29) is 11.8 Å². The highest BCUT2D eigenvalue weighted by atomic mass is 32.2. The number of nitrogens with one attached hydrogen (secondary N) is 1. The van der Waals surface area contributed by atoms with Gasteiger partial charge in [-0.1, -0.05) is 12.8 Å². The van der Waals surface area contributed by atoms with Gasteiger partial charge in [0.1, 0.15) is 0 Å². The summed E-state index contributed by atoms with van der Waals surface area (Å²) in [4.78, 5) is 12.3. The topological polar surface area (TPSA) is 69.7 Å². The summed E-state index contributed by atoms with van der Waals surface area (Å²) in [6.45, 7) is 0.812. The number of piperidine rings is 1. The largest absolute Gasteiger partial charge is 0.353 e. The van der Waals surface area contributed by atoms with Crippen molar-refractivity contribution >= 4 is 16.1 Å². The molecule has 1 saturated heterocycles. The van der Waals surface area contributed by atoms with Gasteiger partial charge in [-0.2, -0.15) is 17.0 Å². The van der Waals surface area contributed by atoms with Crippen LogP contribution in [-0.4, -0.2) is 56.2 Å². The molecule has 0 unspecified atom stereocenters. The van der Waals surface area contributed by atoms with Crippen LogP contribution in [-0.2, 0) is 15.0 Å². The fraction of sp³-hybridized carbons (Fsp3) is 0.923. The fourth-order valence-corrected chi connectivity index (χ4v) is 4.18. The lowest BCUT2D eigenvalue weighted by molar-refractivity contribution is -0.126. The summed E-state index contributed by atoms with van der Waals surface area (Å²) in [7, 11) is -0.356. The normalized spacial score (nSPS) is 26.1. The zero-order valence-corrected chi connectivity index (χ0v) is 13.2. The molecule has 0 radical (unpaired) electrons. The van der Waals surface area contributed by atoms with E-state index in [9.17, 15) is 13.2 Å². The highest BCUT2D eigenvalue weighted by Gasteiger charge is 2.34. The first-order chi connectivity index (χ1) is 9.41. The molecule has 1 aliphatic carbocycles. The van der Waals surface area contributed by atoms with Gasteiger partial charge in [-0.15, -0.1) is 0 Å². The lowest BCUT2D eigenvalue weighted by Crippen LogP contribution is -2.49. The van der Waals surface area contributed by atoms with Crippen molar-refractivity contribution in [2.75, 3.05) is 27.2 Å². The molecule has 7 heteroatoms. The van der Waals surface area contributed by atoms with E-state index in [2.05, 4.69) is 5.32 Å². The molecule has 2 rings (SSSR count). The molecular weight excluding hydrogens is 278 g/mol. The van der Waals surface area contributed by atoms with Gasteiger partial charge in [-0.3, -0.25) is 4.79 Å². The number of hydrogen-bond donors (Lipinski definition) is 1. The van der Waals surface area contributed by atoms with Crippen LogP contribution < -0.4 is 5.32 Å². The number of carbonyl (C=O) groups excluding carboxylic acids is 1. The summed E-state index contributed by atoms with van der Waals surface area (Å²) >= 11 is 0. The Morgan fingerprint density at radius 1 is 1.15 bits per heavy atom. The van der Waals surface area contributed by atoms with Crippen molar-refractivity contribution in [3.8, 4) is 0 Å². The molecule has 6 nitrogen and oxygen atoms in total. The van der Waals surface area contributed by atoms with Crippen LogP contribution in [0.1, 0.15) is 38.5 Å². The third kappa shape index (κ3) is 3.51. The second kappa shape index (κ2) is 6.41. The molecule has 0 spiro atoms. The molecule has 2 fully saturated rings. The summed E-state index contributed by atoms with van der Waals surface area (Å²) in [6.07, 6.45) is 5.98. The van der Waals surface area contributed by atoms with Crippen LogP contribution in [0.15, 0.2) is 0 Å². The van der Waals surface area contributed by atoms with Crippen LogP contribution in [0.5, 0.6) is 0 Å². The van der Waals surface area contributed by atoms with E-state index in [1.165, 1.54) is 35.5 Å².